The number of hydrogen-bond donors (Lipinski definition) is 3. The Bertz CT molecular complexity index is 2550. The number of pyridine rings is 2. The number of benzene rings is 2. The Kier molecular flexibility index (Phi) is 9.95. The Morgan fingerprint density at radius 1 is 0.704 bits per heavy atom. The minimum absolute atomic E-state index is 0.0672. The molecular formula is C40H26Cl2N4O8. The van der Waals surface area contributed by atoms with Crippen molar-refractivity contribution in [1.82, 2.24) is 9.97 Å². The molecule has 0 spiro atoms. The van der Waals surface area contributed by atoms with E-state index in [1.54, 1.807) is 92.0 Å². The number of fused-ring (bicyclic) bond motifs is 2. The fourth-order valence-corrected chi connectivity index (χ4v) is 6.00. The van der Waals surface area contributed by atoms with E-state index in [-0.39, 0.29) is 24.0 Å². The average Bonchev–Trinajstić information content (AvgIpc) is 3.96. The lowest BCUT2D eigenvalue weighted by molar-refractivity contribution is -0.111. The molecule has 0 atom stereocenters. The summed E-state index contributed by atoms with van der Waals surface area (Å²) in [4.78, 5) is 55.4. The van der Waals surface area contributed by atoms with Crippen LogP contribution in [-0.2, 0) is 14.3 Å². The number of carboxylic acids is 1. The van der Waals surface area contributed by atoms with Gasteiger partial charge in [-0.15, -0.1) is 0 Å². The number of carbonyl (C=O) groups excluding carboxylic acids is 3. The zero-order valence-corrected chi connectivity index (χ0v) is 29.6. The number of halogens is 2. The molecule has 0 bridgehead atoms. The topological polar surface area (TPSA) is 174 Å². The quantitative estimate of drug-likeness (QED) is 0.105. The van der Waals surface area contributed by atoms with E-state index in [1.165, 1.54) is 24.7 Å². The van der Waals surface area contributed by atoms with Crippen LogP contribution < -0.4 is 10.6 Å². The predicted octanol–water partition coefficient (Wildman–Crippen LogP) is 8.85. The van der Waals surface area contributed by atoms with Gasteiger partial charge in [0.15, 0.2) is 0 Å². The van der Waals surface area contributed by atoms with Gasteiger partial charge in [0.1, 0.15) is 23.0 Å². The maximum atomic E-state index is 12.3. The SMILES string of the molecule is CCOC(=O)c1cncc(-c2ccc(/C=C3/C(=O)Nc4ccc(Cl)cc43)o2)c1.O=C1Nc2ccc(Cl)cc2/C1=C\c1ccc(-c2cncc(C(=O)O)c2)o1. The summed E-state index contributed by atoms with van der Waals surface area (Å²) < 4.78 is 16.6. The van der Waals surface area contributed by atoms with Gasteiger partial charge < -0.3 is 29.3 Å². The second-order valence-corrected chi connectivity index (χ2v) is 12.6. The molecule has 0 saturated heterocycles. The number of nitrogens with zero attached hydrogens (tertiary/aromatic N) is 2. The Hall–Kier alpha value is -6.76. The van der Waals surface area contributed by atoms with Crippen molar-refractivity contribution in [3.63, 3.8) is 0 Å². The molecule has 8 rings (SSSR count). The minimum atomic E-state index is -1.07. The number of amides is 2. The third-order valence-electron chi connectivity index (χ3n) is 8.16. The third-order valence-corrected chi connectivity index (χ3v) is 8.63. The minimum Gasteiger partial charge on any atom is -0.478 e. The zero-order valence-electron chi connectivity index (χ0n) is 28.1. The van der Waals surface area contributed by atoms with Crippen molar-refractivity contribution in [3.05, 3.63) is 141 Å². The second-order valence-electron chi connectivity index (χ2n) is 11.8. The molecule has 2 amide bonds. The molecule has 0 aliphatic carbocycles. The highest BCUT2D eigenvalue weighted by molar-refractivity contribution is 6.37. The van der Waals surface area contributed by atoms with Gasteiger partial charge in [-0.1, -0.05) is 23.2 Å². The molecule has 6 heterocycles. The molecule has 6 aromatic rings. The number of aromatic carboxylic acids is 1. The fourth-order valence-electron chi connectivity index (χ4n) is 5.66. The summed E-state index contributed by atoms with van der Waals surface area (Å²) in [6.45, 7) is 2.03. The van der Waals surface area contributed by atoms with Gasteiger partial charge in [-0.3, -0.25) is 19.6 Å². The van der Waals surface area contributed by atoms with Crippen LogP contribution in [-0.4, -0.2) is 45.4 Å². The van der Waals surface area contributed by atoms with E-state index in [4.69, 9.17) is 41.9 Å². The van der Waals surface area contributed by atoms with Crippen LogP contribution in [0.4, 0.5) is 11.4 Å². The van der Waals surface area contributed by atoms with Gasteiger partial charge in [0.2, 0.25) is 0 Å². The third kappa shape index (κ3) is 7.56. The first-order chi connectivity index (χ1) is 26.1. The lowest BCUT2D eigenvalue weighted by Crippen LogP contribution is -2.05. The van der Waals surface area contributed by atoms with Gasteiger partial charge in [-0.2, -0.15) is 0 Å². The number of hydrogen-bond acceptors (Lipinski definition) is 9. The van der Waals surface area contributed by atoms with Gasteiger partial charge in [-0.05, 0) is 91.9 Å². The van der Waals surface area contributed by atoms with Crippen molar-refractivity contribution in [3.8, 4) is 22.6 Å². The van der Waals surface area contributed by atoms with Crippen molar-refractivity contribution in [2.24, 2.45) is 0 Å². The number of carbonyl (C=O) groups is 4. The summed E-state index contributed by atoms with van der Waals surface area (Å²) in [5, 5.41) is 15.7. The molecule has 2 aliphatic rings. The smallest absolute Gasteiger partial charge is 0.339 e. The molecule has 2 aromatic carbocycles. The number of furan rings is 2. The maximum Gasteiger partial charge on any atom is 0.339 e. The van der Waals surface area contributed by atoms with Crippen molar-refractivity contribution >= 4 is 81.6 Å². The van der Waals surface area contributed by atoms with Crippen LogP contribution in [0.2, 0.25) is 10.0 Å². The Morgan fingerprint density at radius 2 is 1.19 bits per heavy atom. The summed E-state index contributed by atoms with van der Waals surface area (Å²) in [6, 6.07) is 20.4. The van der Waals surface area contributed by atoms with E-state index in [1.807, 2.05) is 0 Å². The van der Waals surface area contributed by atoms with Gasteiger partial charge >= 0.3 is 11.9 Å². The van der Waals surface area contributed by atoms with E-state index in [9.17, 15) is 19.2 Å². The molecule has 14 heteroatoms. The number of rotatable bonds is 7. The van der Waals surface area contributed by atoms with Crippen LogP contribution >= 0.6 is 23.2 Å². The van der Waals surface area contributed by atoms with Crippen LogP contribution in [0.25, 0.3) is 45.9 Å². The molecule has 54 heavy (non-hydrogen) atoms. The maximum absolute atomic E-state index is 12.3. The van der Waals surface area contributed by atoms with Crippen LogP contribution in [0.5, 0.6) is 0 Å². The van der Waals surface area contributed by atoms with Gasteiger partial charge in [0.25, 0.3) is 11.8 Å². The summed E-state index contributed by atoms with van der Waals surface area (Å²) in [5.74, 6) is -0.0391. The monoisotopic (exact) mass is 760 g/mol. The number of ether oxygens (including phenoxy) is 1. The van der Waals surface area contributed by atoms with Crippen LogP contribution in [0.3, 0.4) is 0 Å². The first-order valence-corrected chi connectivity index (χ1v) is 17.0. The highest BCUT2D eigenvalue weighted by atomic mass is 35.5. The molecule has 268 valence electrons. The fraction of sp³-hybridized carbons (Fsp3) is 0.0500. The van der Waals surface area contributed by atoms with Crippen molar-refractivity contribution < 1.29 is 37.9 Å². The molecular weight excluding hydrogens is 735 g/mol. The van der Waals surface area contributed by atoms with E-state index >= 15 is 0 Å². The van der Waals surface area contributed by atoms with Gasteiger partial charge in [0, 0.05) is 68.5 Å². The molecule has 0 fully saturated rings. The van der Waals surface area contributed by atoms with Crippen molar-refractivity contribution in [2.75, 3.05) is 17.2 Å². The van der Waals surface area contributed by atoms with Crippen LogP contribution in [0, 0.1) is 0 Å². The highest BCUT2D eigenvalue weighted by Crippen LogP contribution is 2.37. The molecule has 3 N–H and O–H groups in total. The Labute approximate surface area is 316 Å². The van der Waals surface area contributed by atoms with Crippen LogP contribution in [0.1, 0.15) is 50.3 Å². The number of nitrogens with one attached hydrogen (secondary N) is 2. The lowest BCUT2D eigenvalue weighted by atomic mass is 10.1. The first kappa shape index (κ1) is 35.6. The standard InChI is InChI=1S/C21H15ClN2O4.C19H11ClN2O4/c1-2-27-21(26)13-7-12(10-23-11-13)19-6-4-15(28-19)9-17-16-8-14(22)3-5-18(16)24-20(17)25;20-12-1-3-16-14(6-12)15(18(23)22-16)7-13-2-4-17(26-13)10-5-11(19(24)25)9-21-8-10/h3-11H,2H2,1H3,(H,24,25);1-9H,(H,22,23)(H,24,25)/b17-9+;15-7+. The zero-order chi connectivity index (χ0) is 37.9. The lowest BCUT2D eigenvalue weighted by Gasteiger charge is -2.02. The van der Waals surface area contributed by atoms with Crippen molar-refractivity contribution in [2.45, 2.75) is 6.92 Å². The van der Waals surface area contributed by atoms with Crippen LogP contribution in [0.15, 0.2) is 106 Å². The molecule has 0 radical (unpaired) electrons. The summed E-state index contributed by atoms with van der Waals surface area (Å²) >= 11 is 12.1. The predicted molar refractivity (Wildman–Crippen MR) is 203 cm³/mol. The molecule has 0 unspecified atom stereocenters. The normalized spacial score (nSPS) is 14.2. The number of esters is 1. The molecule has 2 aliphatic heterocycles. The Morgan fingerprint density at radius 3 is 1.67 bits per heavy atom. The van der Waals surface area contributed by atoms with E-state index < -0.39 is 11.9 Å². The van der Waals surface area contributed by atoms with E-state index in [0.29, 0.717) is 77.9 Å². The van der Waals surface area contributed by atoms with Crippen molar-refractivity contribution in [1.29, 1.82) is 0 Å². The number of aromatic nitrogens is 2. The molecule has 0 saturated carbocycles. The summed E-state index contributed by atoms with van der Waals surface area (Å²) in [6.07, 6.45) is 9.09. The summed E-state index contributed by atoms with van der Waals surface area (Å²) in [7, 11) is 0. The molecule has 4 aromatic heterocycles. The number of carboxylic acid groups (broad SMARTS) is 1. The molecule has 12 nitrogen and oxygen atoms in total. The number of anilines is 2. The van der Waals surface area contributed by atoms with E-state index in [0.717, 1.165) is 5.56 Å². The van der Waals surface area contributed by atoms with Gasteiger partial charge in [0.05, 0.1) is 28.9 Å². The van der Waals surface area contributed by atoms with E-state index in [2.05, 4.69) is 20.6 Å². The highest BCUT2D eigenvalue weighted by Gasteiger charge is 2.26. The first-order valence-electron chi connectivity index (χ1n) is 16.2. The summed E-state index contributed by atoms with van der Waals surface area (Å²) in [5.41, 5.74) is 5.32. The average molecular weight is 762 g/mol. The second kappa shape index (κ2) is 15.1. The Balaban J connectivity index is 0.000000167. The van der Waals surface area contributed by atoms with Gasteiger partial charge in [-0.25, -0.2) is 9.59 Å². The largest absolute Gasteiger partial charge is 0.478 e.